The fourth-order valence-electron chi connectivity index (χ4n) is 1.93. The van der Waals surface area contributed by atoms with Crippen LogP contribution in [0.4, 0.5) is 0 Å². The Kier molecular flexibility index (Phi) is 6.76. The van der Waals surface area contributed by atoms with Crippen LogP contribution in [0.15, 0.2) is 22.7 Å². The van der Waals surface area contributed by atoms with Crippen molar-refractivity contribution < 1.29 is 4.74 Å². The summed E-state index contributed by atoms with van der Waals surface area (Å²) in [4.78, 5) is 0. The third-order valence-electron chi connectivity index (χ3n) is 3.05. The summed E-state index contributed by atoms with van der Waals surface area (Å²) in [5, 5.41) is 14.0. The summed E-state index contributed by atoms with van der Waals surface area (Å²) in [5.41, 5.74) is 2.35. The maximum absolute atomic E-state index is 4.99. The first-order valence-corrected chi connectivity index (χ1v) is 8.60. The standard InChI is InChI=1S/C15H20BrN3OS/c1-11-5-6-13(16)12(10-11)15-19-18-14(21-15)4-3-7-17-8-9-20-2/h5-6,10,17H,3-4,7-9H2,1-2H3. The first kappa shape index (κ1) is 16.5. The van der Waals surface area contributed by atoms with Crippen molar-refractivity contribution in [1.29, 1.82) is 0 Å². The molecule has 0 spiro atoms. The average Bonchev–Trinajstić information content (AvgIpc) is 2.94. The molecule has 2 aromatic rings. The molecule has 0 amide bonds. The molecule has 114 valence electrons. The van der Waals surface area contributed by atoms with Crippen molar-refractivity contribution in [2.75, 3.05) is 26.8 Å². The first-order chi connectivity index (χ1) is 10.2. The van der Waals surface area contributed by atoms with Crippen LogP contribution in [0.25, 0.3) is 10.6 Å². The molecule has 0 atom stereocenters. The molecule has 2 rings (SSSR count). The summed E-state index contributed by atoms with van der Waals surface area (Å²) in [5.74, 6) is 0. The Hall–Kier alpha value is -0.820. The smallest absolute Gasteiger partial charge is 0.148 e. The quantitative estimate of drug-likeness (QED) is 0.723. The molecule has 1 heterocycles. The van der Waals surface area contributed by atoms with Crippen LogP contribution in [0.3, 0.4) is 0 Å². The van der Waals surface area contributed by atoms with Gasteiger partial charge in [0.2, 0.25) is 0 Å². The molecule has 0 bridgehead atoms. The summed E-state index contributed by atoms with van der Waals surface area (Å²) in [6, 6.07) is 6.29. The number of ether oxygens (including phenoxy) is 1. The molecule has 1 aromatic carbocycles. The van der Waals surface area contributed by atoms with Gasteiger partial charge < -0.3 is 10.1 Å². The lowest BCUT2D eigenvalue weighted by atomic mass is 10.1. The molecule has 6 heteroatoms. The van der Waals surface area contributed by atoms with E-state index in [1.807, 2.05) is 0 Å². The van der Waals surface area contributed by atoms with Gasteiger partial charge in [0.15, 0.2) is 0 Å². The lowest BCUT2D eigenvalue weighted by molar-refractivity contribution is 0.199. The maximum atomic E-state index is 4.99. The molecule has 0 saturated carbocycles. The lowest BCUT2D eigenvalue weighted by Gasteiger charge is -2.02. The van der Waals surface area contributed by atoms with Crippen LogP contribution in [0.1, 0.15) is 17.0 Å². The molecule has 0 aliphatic rings. The van der Waals surface area contributed by atoms with Gasteiger partial charge in [-0.3, -0.25) is 0 Å². The predicted molar refractivity (Wildman–Crippen MR) is 90.8 cm³/mol. The van der Waals surface area contributed by atoms with Gasteiger partial charge >= 0.3 is 0 Å². The van der Waals surface area contributed by atoms with Gasteiger partial charge in [-0.2, -0.15) is 0 Å². The maximum Gasteiger partial charge on any atom is 0.148 e. The topological polar surface area (TPSA) is 47.0 Å². The average molecular weight is 370 g/mol. The largest absolute Gasteiger partial charge is 0.383 e. The summed E-state index contributed by atoms with van der Waals surface area (Å²) in [7, 11) is 1.72. The number of hydrogen-bond acceptors (Lipinski definition) is 5. The Labute approximate surface area is 138 Å². The first-order valence-electron chi connectivity index (χ1n) is 6.99. The van der Waals surface area contributed by atoms with E-state index in [0.717, 1.165) is 52.6 Å². The van der Waals surface area contributed by atoms with Crippen LogP contribution in [-0.4, -0.2) is 37.0 Å². The Morgan fingerprint density at radius 1 is 1.29 bits per heavy atom. The highest BCUT2D eigenvalue weighted by atomic mass is 79.9. The molecule has 4 nitrogen and oxygen atoms in total. The summed E-state index contributed by atoms with van der Waals surface area (Å²) in [6.07, 6.45) is 2.02. The Morgan fingerprint density at radius 2 is 2.14 bits per heavy atom. The number of benzene rings is 1. The second-order valence-corrected chi connectivity index (χ2v) is 6.75. The van der Waals surface area contributed by atoms with Crippen molar-refractivity contribution in [1.82, 2.24) is 15.5 Å². The van der Waals surface area contributed by atoms with Crippen molar-refractivity contribution in [3.05, 3.63) is 33.2 Å². The summed E-state index contributed by atoms with van der Waals surface area (Å²) >= 11 is 5.25. The minimum absolute atomic E-state index is 0.754. The molecule has 1 N–H and O–H groups in total. The number of aromatic nitrogens is 2. The molecule has 0 unspecified atom stereocenters. The number of methoxy groups -OCH3 is 1. The van der Waals surface area contributed by atoms with Gasteiger partial charge in [-0.25, -0.2) is 0 Å². The van der Waals surface area contributed by atoms with E-state index in [9.17, 15) is 0 Å². The number of hydrogen-bond donors (Lipinski definition) is 1. The van der Waals surface area contributed by atoms with Crippen molar-refractivity contribution in [2.45, 2.75) is 19.8 Å². The second-order valence-electron chi connectivity index (χ2n) is 4.83. The van der Waals surface area contributed by atoms with Gasteiger partial charge in [-0.15, -0.1) is 10.2 Å². The molecule has 21 heavy (non-hydrogen) atoms. The SMILES string of the molecule is COCCNCCCc1nnc(-c2cc(C)ccc2Br)s1. The molecule has 0 aliphatic heterocycles. The van der Waals surface area contributed by atoms with Crippen molar-refractivity contribution >= 4 is 27.3 Å². The lowest BCUT2D eigenvalue weighted by Crippen LogP contribution is -2.20. The van der Waals surface area contributed by atoms with Gasteiger partial charge in [0, 0.05) is 30.1 Å². The van der Waals surface area contributed by atoms with E-state index in [1.54, 1.807) is 18.4 Å². The normalized spacial score (nSPS) is 11.0. The molecule has 1 aromatic heterocycles. The number of nitrogens with one attached hydrogen (secondary N) is 1. The van der Waals surface area contributed by atoms with Crippen molar-refractivity contribution in [2.24, 2.45) is 0 Å². The number of halogens is 1. The van der Waals surface area contributed by atoms with E-state index >= 15 is 0 Å². The van der Waals surface area contributed by atoms with Crippen LogP contribution in [0.2, 0.25) is 0 Å². The van der Waals surface area contributed by atoms with Crippen LogP contribution < -0.4 is 5.32 Å². The highest BCUT2D eigenvalue weighted by molar-refractivity contribution is 9.10. The molecular formula is C15H20BrN3OS. The Balaban J connectivity index is 1.88. The summed E-state index contributed by atoms with van der Waals surface area (Å²) < 4.78 is 6.06. The van der Waals surface area contributed by atoms with Gasteiger partial charge in [0.05, 0.1) is 6.61 Å². The van der Waals surface area contributed by atoms with E-state index in [4.69, 9.17) is 4.74 Å². The van der Waals surface area contributed by atoms with Crippen molar-refractivity contribution in [3.63, 3.8) is 0 Å². The fourth-order valence-corrected chi connectivity index (χ4v) is 3.41. The van der Waals surface area contributed by atoms with E-state index < -0.39 is 0 Å². The van der Waals surface area contributed by atoms with E-state index in [2.05, 4.69) is 56.6 Å². The minimum Gasteiger partial charge on any atom is -0.383 e. The molecule has 0 radical (unpaired) electrons. The zero-order valence-electron chi connectivity index (χ0n) is 12.4. The van der Waals surface area contributed by atoms with E-state index in [0.29, 0.717) is 0 Å². The number of aryl methyl sites for hydroxylation is 2. The fraction of sp³-hybridized carbons (Fsp3) is 0.467. The highest BCUT2D eigenvalue weighted by Gasteiger charge is 2.10. The highest BCUT2D eigenvalue weighted by Crippen LogP contribution is 2.31. The monoisotopic (exact) mass is 369 g/mol. The molecule has 0 aliphatic carbocycles. The van der Waals surface area contributed by atoms with Gasteiger partial charge in [0.1, 0.15) is 10.0 Å². The van der Waals surface area contributed by atoms with E-state index in [1.165, 1.54) is 5.56 Å². The van der Waals surface area contributed by atoms with Crippen LogP contribution >= 0.6 is 27.3 Å². The Morgan fingerprint density at radius 3 is 2.95 bits per heavy atom. The predicted octanol–water partition coefficient (Wildman–Crippen LogP) is 3.44. The molecule has 0 fully saturated rings. The molecule has 0 saturated heterocycles. The van der Waals surface area contributed by atoms with E-state index in [-0.39, 0.29) is 0 Å². The second kappa shape index (κ2) is 8.58. The van der Waals surface area contributed by atoms with Crippen LogP contribution in [0, 0.1) is 6.92 Å². The third-order valence-corrected chi connectivity index (χ3v) is 4.75. The zero-order valence-corrected chi connectivity index (χ0v) is 14.8. The van der Waals surface area contributed by atoms with Crippen LogP contribution in [0.5, 0.6) is 0 Å². The van der Waals surface area contributed by atoms with Gasteiger partial charge in [-0.1, -0.05) is 38.9 Å². The van der Waals surface area contributed by atoms with Gasteiger partial charge in [0.25, 0.3) is 0 Å². The van der Waals surface area contributed by atoms with Crippen LogP contribution in [-0.2, 0) is 11.2 Å². The summed E-state index contributed by atoms with van der Waals surface area (Å²) in [6.45, 7) is 4.72. The minimum atomic E-state index is 0.754. The van der Waals surface area contributed by atoms with Crippen molar-refractivity contribution in [3.8, 4) is 10.6 Å². The third kappa shape index (κ3) is 5.14. The van der Waals surface area contributed by atoms with Gasteiger partial charge in [-0.05, 0) is 32.0 Å². The molecular weight excluding hydrogens is 350 g/mol. The number of rotatable bonds is 8. The zero-order chi connectivity index (χ0) is 15.1. The Bertz CT molecular complexity index is 574. The number of nitrogens with zero attached hydrogens (tertiary/aromatic N) is 2.